The summed E-state index contributed by atoms with van der Waals surface area (Å²) in [4.78, 5) is 37.6. The molecular weight excluding hydrogens is 368 g/mol. The molecule has 7 heteroatoms. The van der Waals surface area contributed by atoms with Crippen molar-refractivity contribution >= 4 is 5.91 Å². The maximum atomic E-state index is 12.8. The number of nitrogens with one attached hydrogen (secondary N) is 1. The Morgan fingerprint density at radius 1 is 1.21 bits per heavy atom. The van der Waals surface area contributed by atoms with Crippen LogP contribution in [0.4, 0.5) is 0 Å². The number of carbonyl (C=O) groups excluding carboxylic acids is 1. The smallest absolute Gasteiger partial charge is 0.256 e. The van der Waals surface area contributed by atoms with Gasteiger partial charge in [0.15, 0.2) is 0 Å². The Morgan fingerprint density at radius 2 is 1.93 bits per heavy atom. The number of rotatable bonds is 4. The molecule has 160 valence electrons. The van der Waals surface area contributed by atoms with Gasteiger partial charge in [-0.25, -0.2) is 4.98 Å². The molecule has 3 aliphatic heterocycles. The van der Waals surface area contributed by atoms with E-state index in [9.17, 15) is 9.59 Å². The molecule has 0 saturated carbocycles. The quantitative estimate of drug-likeness (QED) is 0.834. The van der Waals surface area contributed by atoms with Gasteiger partial charge in [-0.15, -0.1) is 0 Å². The second kappa shape index (κ2) is 8.96. The summed E-state index contributed by atoms with van der Waals surface area (Å²) in [5.74, 6) is 1.32. The summed E-state index contributed by atoms with van der Waals surface area (Å²) >= 11 is 0. The predicted octanol–water partition coefficient (Wildman–Crippen LogP) is 2.06. The third kappa shape index (κ3) is 4.40. The van der Waals surface area contributed by atoms with Gasteiger partial charge in [0.2, 0.25) is 5.91 Å². The van der Waals surface area contributed by atoms with Crippen LogP contribution in [0.3, 0.4) is 0 Å². The van der Waals surface area contributed by atoms with Gasteiger partial charge in [0.05, 0.1) is 17.8 Å². The van der Waals surface area contributed by atoms with Crippen LogP contribution in [-0.4, -0.2) is 64.6 Å². The highest BCUT2D eigenvalue weighted by Crippen LogP contribution is 2.29. The second-order valence-corrected chi connectivity index (χ2v) is 8.85. The van der Waals surface area contributed by atoms with Gasteiger partial charge in [0.25, 0.3) is 5.56 Å². The van der Waals surface area contributed by atoms with Crippen LogP contribution in [0, 0.1) is 5.92 Å². The van der Waals surface area contributed by atoms with Gasteiger partial charge in [-0.1, -0.05) is 13.8 Å². The van der Waals surface area contributed by atoms with E-state index < -0.39 is 0 Å². The fraction of sp³-hybridized carbons (Fsp3) is 0.773. The number of piperidine rings is 1. The normalized spacial score (nSPS) is 23.0. The van der Waals surface area contributed by atoms with Crippen molar-refractivity contribution in [2.24, 2.45) is 5.92 Å². The Labute approximate surface area is 172 Å². The van der Waals surface area contributed by atoms with Crippen molar-refractivity contribution < 1.29 is 9.53 Å². The number of H-pyrrole nitrogens is 1. The van der Waals surface area contributed by atoms with Crippen LogP contribution in [0.2, 0.25) is 0 Å². The number of nitrogens with zero attached hydrogens (tertiary/aromatic N) is 3. The fourth-order valence-electron chi connectivity index (χ4n) is 4.90. The van der Waals surface area contributed by atoms with Gasteiger partial charge in [-0.2, -0.15) is 0 Å². The lowest BCUT2D eigenvalue weighted by Gasteiger charge is -2.39. The lowest BCUT2D eigenvalue weighted by atomic mass is 9.93. The van der Waals surface area contributed by atoms with Crippen LogP contribution in [0.1, 0.15) is 69.0 Å². The molecule has 7 nitrogen and oxygen atoms in total. The molecule has 1 atom stereocenters. The number of carbonyl (C=O) groups is 1. The van der Waals surface area contributed by atoms with E-state index in [0.29, 0.717) is 37.0 Å². The highest BCUT2D eigenvalue weighted by atomic mass is 16.5. The van der Waals surface area contributed by atoms with Crippen molar-refractivity contribution in [3.63, 3.8) is 0 Å². The number of fused-ring (bicyclic) bond motifs is 1. The van der Waals surface area contributed by atoms with Crippen molar-refractivity contribution in [2.75, 3.05) is 32.8 Å². The molecule has 2 saturated heterocycles. The minimum absolute atomic E-state index is 0.00350. The highest BCUT2D eigenvalue weighted by Gasteiger charge is 2.30. The Morgan fingerprint density at radius 3 is 2.62 bits per heavy atom. The standard InChI is InChI=1S/C22H34N4O3/c1-3-15(2)22(28)26-11-6-19-18(14-26)21(27)24-20(23-19)16-4-9-25(10-5-16)17-7-12-29-13-8-17/h15-17H,3-14H2,1-2H3,(H,23,24,27). The molecule has 0 aliphatic carbocycles. The van der Waals surface area contributed by atoms with Crippen molar-refractivity contribution in [1.29, 1.82) is 0 Å². The SMILES string of the molecule is CCC(C)C(=O)N1CCc2nc(C3CCN(C4CCOCC4)CC3)[nH]c(=O)c2C1. The summed E-state index contributed by atoms with van der Waals surface area (Å²) in [7, 11) is 0. The molecular formula is C22H34N4O3. The summed E-state index contributed by atoms with van der Waals surface area (Å²) in [5, 5.41) is 0. The first-order valence-corrected chi connectivity index (χ1v) is 11.3. The zero-order chi connectivity index (χ0) is 20.4. The van der Waals surface area contributed by atoms with Gasteiger partial charge < -0.3 is 19.5 Å². The molecule has 4 rings (SSSR count). The molecule has 1 aromatic heterocycles. The van der Waals surface area contributed by atoms with Crippen LogP contribution in [0.25, 0.3) is 0 Å². The largest absolute Gasteiger partial charge is 0.381 e. The third-order valence-corrected chi connectivity index (χ3v) is 7.06. The summed E-state index contributed by atoms with van der Waals surface area (Å²) in [5.41, 5.74) is 1.51. The summed E-state index contributed by atoms with van der Waals surface area (Å²) in [6.07, 6.45) is 5.84. The van der Waals surface area contributed by atoms with Gasteiger partial charge in [-0.05, 0) is 45.2 Å². The first-order chi connectivity index (χ1) is 14.1. The molecule has 2 fully saturated rings. The number of aromatic nitrogens is 2. The molecule has 0 aromatic carbocycles. The molecule has 0 bridgehead atoms. The molecule has 0 radical (unpaired) electrons. The van der Waals surface area contributed by atoms with Crippen LogP contribution in [0.15, 0.2) is 4.79 Å². The molecule has 1 amide bonds. The third-order valence-electron chi connectivity index (χ3n) is 7.06. The Balaban J connectivity index is 1.42. The Bertz CT molecular complexity index is 779. The minimum atomic E-state index is -0.0569. The number of hydrogen-bond acceptors (Lipinski definition) is 5. The summed E-state index contributed by atoms with van der Waals surface area (Å²) in [6, 6.07) is 0.647. The fourth-order valence-corrected chi connectivity index (χ4v) is 4.90. The van der Waals surface area contributed by atoms with Gasteiger partial charge >= 0.3 is 0 Å². The maximum Gasteiger partial charge on any atom is 0.256 e. The van der Waals surface area contributed by atoms with Crippen molar-refractivity contribution in [2.45, 2.75) is 70.9 Å². The van der Waals surface area contributed by atoms with E-state index in [-0.39, 0.29) is 17.4 Å². The van der Waals surface area contributed by atoms with Crippen molar-refractivity contribution in [3.05, 3.63) is 27.4 Å². The molecule has 1 aromatic rings. The lowest BCUT2D eigenvalue weighted by Crippen LogP contribution is -2.44. The van der Waals surface area contributed by atoms with Crippen molar-refractivity contribution in [1.82, 2.24) is 19.8 Å². The molecule has 1 N–H and O–H groups in total. The molecule has 3 aliphatic rings. The number of likely N-dealkylation sites (tertiary alicyclic amines) is 1. The topological polar surface area (TPSA) is 78.5 Å². The maximum absolute atomic E-state index is 12.8. The zero-order valence-electron chi connectivity index (χ0n) is 17.8. The molecule has 0 spiro atoms. The Hall–Kier alpha value is -1.73. The van der Waals surface area contributed by atoms with E-state index in [4.69, 9.17) is 9.72 Å². The van der Waals surface area contributed by atoms with E-state index in [0.717, 1.165) is 69.9 Å². The van der Waals surface area contributed by atoms with E-state index in [1.54, 1.807) is 0 Å². The average molecular weight is 403 g/mol. The zero-order valence-corrected chi connectivity index (χ0v) is 17.8. The van der Waals surface area contributed by atoms with Gasteiger partial charge in [0, 0.05) is 44.1 Å². The number of aromatic amines is 1. The second-order valence-electron chi connectivity index (χ2n) is 8.85. The summed E-state index contributed by atoms with van der Waals surface area (Å²) in [6.45, 7) is 8.91. The average Bonchev–Trinajstić information content (AvgIpc) is 2.78. The van der Waals surface area contributed by atoms with E-state index >= 15 is 0 Å². The van der Waals surface area contributed by atoms with Gasteiger partial charge in [0.1, 0.15) is 5.82 Å². The monoisotopic (exact) mass is 402 g/mol. The van der Waals surface area contributed by atoms with Gasteiger partial charge in [-0.3, -0.25) is 9.59 Å². The lowest BCUT2D eigenvalue weighted by molar-refractivity contribution is -0.136. The Kier molecular flexibility index (Phi) is 6.35. The molecule has 29 heavy (non-hydrogen) atoms. The predicted molar refractivity (Wildman–Crippen MR) is 111 cm³/mol. The molecule has 4 heterocycles. The summed E-state index contributed by atoms with van der Waals surface area (Å²) < 4.78 is 5.49. The number of ether oxygens (including phenoxy) is 1. The van der Waals surface area contributed by atoms with Crippen molar-refractivity contribution in [3.8, 4) is 0 Å². The van der Waals surface area contributed by atoms with Crippen LogP contribution < -0.4 is 5.56 Å². The first kappa shape index (κ1) is 20.5. The van der Waals surface area contributed by atoms with E-state index in [1.807, 2.05) is 18.7 Å². The van der Waals surface area contributed by atoms with Crippen LogP contribution in [0.5, 0.6) is 0 Å². The highest BCUT2D eigenvalue weighted by molar-refractivity contribution is 5.78. The van der Waals surface area contributed by atoms with E-state index in [2.05, 4.69) is 9.88 Å². The van der Waals surface area contributed by atoms with Crippen LogP contribution in [-0.2, 0) is 22.5 Å². The first-order valence-electron chi connectivity index (χ1n) is 11.3. The van der Waals surface area contributed by atoms with E-state index in [1.165, 1.54) is 0 Å². The minimum Gasteiger partial charge on any atom is -0.381 e. The van der Waals surface area contributed by atoms with Crippen LogP contribution >= 0.6 is 0 Å². The number of amides is 1. The number of hydrogen-bond donors (Lipinski definition) is 1. The molecule has 1 unspecified atom stereocenters.